The number of nitrogens with two attached hydrogens (primary N) is 1. The van der Waals surface area contributed by atoms with E-state index in [-0.39, 0.29) is 0 Å². The molecule has 3 rings (SSSR count). The summed E-state index contributed by atoms with van der Waals surface area (Å²) >= 11 is 0. The molecular formula is C17H24N4. The molecule has 1 heterocycles. The van der Waals surface area contributed by atoms with E-state index in [4.69, 9.17) is 5.73 Å². The molecule has 2 atom stereocenters. The summed E-state index contributed by atoms with van der Waals surface area (Å²) in [5.74, 6) is 0.665. The van der Waals surface area contributed by atoms with Crippen LogP contribution in [0.2, 0.25) is 0 Å². The van der Waals surface area contributed by atoms with E-state index in [1.807, 2.05) is 16.9 Å². The Bertz CT molecular complexity index is 547. The van der Waals surface area contributed by atoms with Gasteiger partial charge in [-0.25, -0.2) is 4.68 Å². The first-order chi connectivity index (χ1) is 10.3. The highest BCUT2D eigenvalue weighted by atomic mass is 15.3. The molecule has 1 aliphatic carbocycles. The van der Waals surface area contributed by atoms with Gasteiger partial charge in [-0.05, 0) is 56.1 Å². The Morgan fingerprint density at radius 3 is 2.76 bits per heavy atom. The van der Waals surface area contributed by atoms with Crippen LogP contribution >= 0.6 is 0 Å². The molecule has 1 aliphatic rings. The molecule has 0 amide bonds. The fourth-order valence-corrected chi connectivity index (χ4v) is 3.45. The third-order valence-electron chi connectivity index (χ3n) is 4.63. The average molecular weight is 284 g/mol. The largest absolute Gasteiger partial charge is 0.330 e. The lowest BCUT2D eigenvalue weighted by atomic mass is 10.0. The van der Waals surface area contributed by atoms with Crippen LogP contribution in [0.1, 0.15) is 24.8 Å². The van der Waals surface area contributed by atoms with Crippen molar-refractivity contribution in [2.75, 3.05) is 13.6 Å². The molecule has 1 saturated carbocycles. The molecule has 1 aromatic carbocycles. The Morgan fingerprint density at radius 1 is 1.29 bits per heavy atom. The number of hydrogen-bond donors (Lipinski definition) is 1. The van der Waals surface area contributed by atoms with Gasteiger partial charge < -0.3 is 5.73 Å². The van der Waals surface area contributed by atoms with Crippen molar-refractivity contribution < 1.29 is 0 Å². The van der Waals surface area contributed by atoms with Gasteiger partial charge in [0.2, 0.25) is 0 Å². The second-order valence-corrected chi connectivity index (χ2v) is 6.03. The van der Waals surface area contributed by atoms with Crippen LogP contribution < -0.4 is 5.73 Å². The number of rotatable bonds is 5. The Morgan fingerprint density at radius 2 is 2.10 bits per heavy atom. The average Bonchev–Trinajstić information content (AvgIpc) is 3.19. The van der Waals surface area contributed by atoms with Gasteiger partial charge in [-0.2, -0.15) is 5.10 Å². The fraction of sp³-hybridized carbons (Fsp3) is 0.471. The summed E-state index contributed by atoms with van der Waals surface area (Å²) < 4.78 is 1.88. The highest BCUT2D eigenvalue weighted by Gasteiger charge is 2.29. The van der Waals surface area contributed by atoms with Gasteiger partial charge in [0.05, 0.1) is 5.69 Å². The van der Waals surface area contributed by atoms with Crippen LogP contribution in [0.3, 0.4) is 0 Å². The SMILES string of the molecule is CN(Cc1ccc(-n2cccn2)cc1)C1CCCC1CN. The van der Waals surface area contributed by atoms with Crippen LogP contribution in [0.5, 0.6) is 0 Å². The molecule has 1 fully saturated rings. The maximum atomic E-state index is 5.89. The Kier molecular flexibility index (Phi) is 4.36. The molecule has 0 aliphatic heterocycles. The molecule has 2 unspecified atom stereocenters. The van der Waals surface area contributed by atoms with E-state index in [1.165, 1.54) is 24.8 Å². The van der Waals surface area contributed by atoms with E-state index < -0.39 is 0 Å². The molecule has 4 heteroatoms. The van der Waals surface area contributed by atoms with E-state index in [1.54, 1.807) is 6.20 Å². The maximum Gasteiger partial charge on any atom is 0.0645 e. The van der Waals surface area contributed by atoms with Crippen LogP contribution in [0.15, 0.2) is 42.7 Å². The molecular weight excluding hydrogens is 260 g/mol. The molecule has 112 valence electrons. The lowest BCUT2D eigenvalue weighted by Crippen LogP contribution is -2.37. The zero-order valence-corrected chi connectivity index (χ0v) is 12.7. The van der Waals surface area contributed by atoms with Crippen LogP contribution in [-0.2, 0) is 6.54 Å². The van der Waals surface area contributed by atoms with Crippen molar-refractivity contribution in [3.8, 4) is 5.69 Å². The first-order valence-electron chi connectivity index (χ1n) is 7.77. The van der Waals surface area contributed by atoms with E-state index >= 15 is 0 Å². The van der Waals surface area contributed by atoms with Gasteiger partial charge in [-0.3, -0.25) is 4.90 Å². The summed E-state index contributed by atoms with van der Waals surface area (Å²) in [5.41, 5.74) is 8.34. The van der Waals surface area contributed by atoms with Gasteiger partial charge in [0.1, 0.15) is 0 Å². The Hall–Kier alpha value is -1.65. The standard InChI is InChI=1S/C17H24N4/c1-20(17-5-2-4-15(17)12-18)13-14-6-8-16(9-7-14)21-11-3-10-19-21/h3,6-11,15,17H,2,4-5,12-13,18H2,1H3. The third kappa shape index (κ3) is 3.17. The van der Waals surface area contributed by atoms with Gasteiger partial charge in [0, 0.05) is 25.0 Å². The van der Waals surface area contributed by atoms with E-state index in [2.05, 4.69) is 41.3 Å². The molecule has 2 aromatic rings. The quantitative estimate of drug-likeness (QED) is 0.917. The normalized spacial score (nSPS) is 22.0. The molecule has 21 heavy (non-hydrogen) atoms. The number of aromatic nitrogens is 2. The Labute approximate surface area is 126 Å². The van der Waals surface area contributed by atoms with E-state index in [0.29, 0.717) is 12.0 Å². The summed E-state index contributed by atoms with van der Waals surface area (Å²) in [7, 11) is 2.22. The maximum absolute atomic E-state index is 5.89. The molecule has 0 saturated heterocycles. The zero-order valence-electron chi connectivity index (χ0n) is 12.7. The summed E-state index contributed by atoms with van der Waals surface area (Å²) in [6.07, 6.45) is 7.64. The van der Waals surface area contributed by atoms with E-state index in [9.17, 15) is 0 Å². The van der Waals surface area contributed by atoms with Crippen molar-refractivity contribution in [2.24, 2.45) is 11.7 Å². The highest BCUT2D eigenvalue weighted by Crippen LogP contribution is 2.29. The first kappa shape index (κ1) is 14.3. The second-order valence-electron chi connectivity index (χ2n) is 6.03. The smallest absolute Gasteiger partial charge is 0.0645 e. The van der Waals surface area contributed by atoms with Gasteiger partial charge in [-0.1, -0.05) is 18.6 Å². The third-order valence-corrected chi connectivity index (χ3v) is 4.63. The van der Waals surface area contributed by atoms with Crippen molar-refractivity contribution in [1.29, 1.82) is 0 Å². The lowest BCUT2D eigenvalue weighted by Gasteiger charge is -2.29. The molecule has 1 aromatic heterocycles. The van der Waals surface area contributed by atoms with Gasteiger partial charge in [0.15, 0.2) is 0 Å². The van der Waals surface area contributed by atoms with Gasteiger partial charge in [-0.15, -0.1) is 0 Å². The first-order valence-corrected chi connectivity index (χ1v) is 7.77. The predicted octanol–water partition coefficient (Wildman–Crippen LogP) is 2.43. The number of nitrogens with zero attached hydrogens (tertiary/aromatic N) is 3. The van der Waals surface area contributed by atoms with Crippen molar-refractivity contribution in [3.63, 3.8) is 0 Å². The molecule has 4 nitrogen and oxygen atoms in total. The van der Waals surface area contributed by atoms with Crippen molar-refractivity contribution in [1.82, 2.24) is 14.7 Å². The van der Waals surface area contributed by atoms with Crippen LogP contribution in [0.4, 0.5) is 0 Å². The zero-order chi connectivity index (χ0) is 14.7. The van der Waals surface area contributed by atoms with Crippen molar-refractivity contribution >= 4 is 0 Å². The Balaban J connectivity index is 1.65. The predicted molar refractivity (Wildman–Crippen MR) is 85.2 cm³/mol. The topological polar surface area (TPSA) is 47.1 Å². The summed E-state index contributed by atoms with van der Waals surface area (Å²) in [4.78, 5) is 2.47. The highest BCUT2D eigenvalue weighted by molar-refractivity contribution is 5.33. The number of hydrogen-bond acceptors (Lipinski definition) is 3. The lowest BCUT2D eigenvalue weighted by molar-refractivity contribution is 0.193. The molecule has 2 N–H and O–H groups in total. The summed E-state index contributed by atoms with van der Waals surface area (Å²) in [5, 5.41) is 4.25. The summed E-state index contributed by atoms with van der Waals surface area (Å²) in [6.45, 7) is 1.80. The van der Waals surface area contributed by atoms with Crippen LogP contribution in [-0.4, -0.2) is 34.3 Å². The number of benzene rings is 1. The molecule has 0 radical (unpaired) electrons. The monoisotopic (exact) mass is 284 g/mol. The van der Waals surface area contributed by atoms with Crippen LogP contribution in [0, 0.1) is 5.92 Å². The van der Waals surface area contributed by atoms with Crippen molar-refractivity contribution in [2.45, 2.75) is 31.8 Å². The minimum atomic E-state index is 0.640. The molecule has 0 bridgehead atoms. The fourth-order valence-electron chi connectivity index (χ4n) is 3.45. The minimum Gasteiger partial charge on any atom is -0.330 e. The molecule has 0 spiro atoms. The van der Waals surface area contributed by atoms with E-state index in [0.717, 1.165) is 18.8 Å². The summed E-state index contributed by atoms with van der Waals surface area (Å²) in [6, 6.07) is 11.2. The second kappa shape index (κ2) is 6.41. The van der Waals surface area contributed by atoms with Crippen LogP contribution in [0.25, 0.3) is 5.69 Å². The van der Waals surface area contributed by atoms with Gasteiger partial charge in [0.25, 0.3) is 0 Å². The van der Waals surface area contributed by atoms with Gasteiger partial charge >= 0.3 is 0 Å². The minimum absolute atomic E-state index is 0.640. The van der Waals surface area contributed by atoms with Crippen molar-refractivity contribution in [3.05, 3.63) is 48.3 Å².